The fourth-order valence-corrected chi connectivity index (χ4v) is 5.76. The largest absolute Gasteiger partial charge is 0.399 e. The molecule has 1 amide bonds. The van der Waals surface area contributed by atoms with Gasteiger partial charge in [-0.25, -0.2) is 4.99 Å². The Kier molecular flexibility index (Phi) is 4.79. The maximum Gasteiger partial charge on any atom is 0.236 e. The number of carbonyl (C=O) groups excluding carboxylic acids is 1. The van der Waals surface area contributed by atoms with Gasteiger partial charge in [-0.05, 0) is 40.3 Å². The molecule has 158 valence electrons. The first-order valence-corrected chi connectivity index (χ1v) is 11.2. The van der Waals surface area contributed by atoms with Crippen molar-refractivity contribution >= 4 is 28.9 Å². The summed E-state index contributed by atoms with van der Waals surface area (Å²) >= 11 is 1.64. The van der Waals surface area contributed by atoms with Crippen LogP contribution < -0.4 is 11.5 Å². The summed E-state index contributed by atoms with van der Waals surface area (Å²) in [4.78, 5) is 23.0. The molecule has 0 aliphatic carbocycles. The van der Waals surface area contributed by atoms with Crippen LogP contribution in [0, 0.1) is 5.92 Å². The highest BCUT2D eigenvalue weighted by molar-refractivity contribution is 7.10. The van der Waals surface area contributed by atoms with Gasteiger partial charge in [-0.2, -0.15) is 0 Å². The van der Waals surface area contributed by atoms with Crippen molar-refractivity contribution in [3.8, 4) is 11.1 Å². The van der Waals surface area contributed by atoms with E-state index in [0.29, 0.717) is 13.1 Å². The summed E-state index contributed by atoms with van der Waals surface area (Å²) < 4.78 is 0. The van der Waals surface area contributed by atoms with Crippen molar-refractivity contribution in [3.63, 3.8) is 0 Å². The molecule has 5 rings (SSSR count). The predicted molar refractivity (Wildman–Crippen MR) is 125 cm³/mol. The van der Waals surface area contributed by atoms with Gasteiger partial charge in [0.15, 0.2) is 5.96 Å². The summed E-state index contributed by atoms with van der Waals surface area (Å²) in [6, 6.07) is 20.3. The number of benzene rings is 2. The second-order valence-electron chi connectivity index (χ2n) is 8.32. The lowest BCUT2D eigenvalue weighted by molar-refractivity contribution is -0.132. The Labute approximate surface area is 185 Å². The molecule has 7 heteroatoms. The van der Waals surface area contributed by atoms with E-state index in [4.69, 9.17) is 16.5 Å². The van der Waals surface area contributed by atoms with Gasteiger partial charge in [0, 0.05) is 37.2 Å². The fraction of sp³-hybridized carbons (Fsp3) is 0.250. The van der Waals surface area contributed by atoms with Gasteiger partial charge in [-0.15, -0.1) is 11.3 Å². The van der Waals surface area contributed by atoms with Gasteiger partial charge < -0.3 is 11.5 Å². The van der Waals surface area contributed by atoms with Gasteiger partial charge in [0.1, 0.15) is 5.54 Å². The van der Waals surface area contributed by atoms with Crippen LogP contribution in [0.4, 0.5) is 5.69 Å². The molecule has 2 aromatic carbocycles. The number of amides is 1. The van der Waals surface area contributed by atoms with Crippen LogP contribution in [0.15, 0.2) is 71.0 Å². The normalized spacial score (nSPS) is 23.6. The molecule has 1 aromatic heterocycles. The van der Waals surface area contributed by atoms with Crippen LogP contribution in [0.25, 0.3) is 11.1 Å². The molecule has 3 heterocycles. The molecule has 2 atom stereocenters. The van der Waals surface area contributed by atoms with E-state index in [1.165, 1.54) is 10.5 Å². The molecular formula is C24H25N5OS. The van der Waals surface area contributed by atoms with Crippen LogP contribution in [0.1, 0.15) is 10.4 Å². The summed E-state index contributed by atoms with van der Waals surface area (Å²) in [5.41, 5.74) is 15.6. The molecule has 1 fully saturated rings. The Morgan fingerprint density at radius 2 is 1.90 bits per heavy atom. The highest BCUT2D eigenvalue weighted by atomic mass is 32.1. The van der Waals surface area contributed by atoms with Gasteiger partial charge in [0.05, 0.1) is 5.92 Å². The Morgan fingerprint density at radius 1 is 1.10 bits per heavy atom. The van der Waals surface area contributed by atoms with Gasteiger partial charge >= 0.3 is 0 Å². The van der Waals surface area contributed by atoms with Crippen molar-refractivity contribution in [1.82, 2.24) is 9.80 Å². The first-order valence-electron chi connectivity index (χ1n) is 10.3. The minimum absolute atomic E-state index is 0.0296. The maximum absolute atomic E-state index is 13.2. The van der Waals surface area contributed by atoms with E-state index < -0.39 is 5.54 Å². The van der Waals surface area contributed by atoms with Gasteiger partial charge in [0.25, 0.3) is 0 Å². The van der Waals surface area contributed by atoms with Crippen molar-refractivity contribution in [1.29, 1.82) is 0 Å². The van der Waals surface area contributed by atoms with Crippen molar-refractivity contribution in [3.05, 3.63) is 76.5 Å². The number of likely N-dealkylation sites (tertiary alicyclic amines) is 1. The number of carbonyl (C=O) groups is 1. The average Bonchev–Trinajstić information content (AvgIpc) is 3.39. The first kappa shape index (κ1) is 19.8. The lowest BCUT2D eigenvalue weighted by Crippen LogP contribution is -2.54. The molecule has 0 spiro atoms. The van der Waals surface area contributed by atoms with Crippen molar-refractivity contribution in [2.75, 3.05) is 25.9 Å². The molecule has 1 saturated heterocycles. The number of hydrogen-bond donors (Lipinski definition) is 2. The third-order valence-electron chi connectivity index (χ3n) is 6.26. The average molecular weight is 432 g/mol. The van der Waals surface area contributed by atoms with E-state index in [1.807, 2.05) is 42.5 Å². The SMILES string of the molecule is CN1C(=O)C2CN(Cc3ccccc3)CC2(c2cc(-c3cccc(N)c3)cs2)N=C1N. The molecule has 0 saturated carbocycles. The van der Waals surface area contributed by atoms with E-state index in [0.717, 1.165) is 28.2 Å². The molecule has 2 aliphatic heterocycles. The number of guanidine groups is 1. The molecule has 6 nitrogen and oxygen atoms in total. The Bertz CT molecular complexity index is 1160. The molecule has 0 bridgehead atoms. The van der Waals surface area contributed by atoms with Crippen LogP contribution in [-0.4, -0.2) is 41.8 Å². The monoisotopic (exact) mass is 431 g/mol. The summed E-state index contributed by atoms with van der Waals surface area (Å²) in [6.45, 7) is 2.09. The van der Waals surface area contributed by atoms with Gasteiger partial charge in [-0.1, -0.05) is 42.5 Å². The van der Waals surface area contributed by atoms with E-state index in [9.17, 15) is 4.79 Å². The van der Waals surface area contributed by atoms with Crippen LogP contribution in [0.2, 0.25) is 0 Å². The molecule has 0 radical (unpaired) electrons. The standard InChI is InChI=1S/C24H25N5OS/c1-28-22(30)20-13-29(12-16-6-3-2-4-7-16)15-24(20,27-23(28)26)21-11-18(14-31-21)17-8-5-9-19(25)10-17/h2-11,14,20H,12-13,15,25H2,1H3,(H2,26,27). The zero-order chi connectivity index (χ0) is 21.6. The quantitative estimate of drug-likeness (QED) is 0.622. The number of anilines is 1. The minimum Gasteiger partial charge on any atom is -0.399 e. The zero-order valence-corrected chi connectivity index (χ0v) is 18.2. The minimum atomic E-state index is -0.661. The number of nitrogen functional groups attached to an aromatic ring is 1. The second kappa shape index (κ2) is 7.51. The van der Waals surface area contributed by atoms with Crippen molar-refractivity contribution in [2.24, 2.45) is 16.6 Å². The van der Waals surface area contributed by atoms with Crippen LogP contribution >= 0.6 is 11.3 Å². The van der Waals surface area contributed by atoms with Crippen LogP contribution in [-0.2, 0) is 16.9 Å². The third kappa shape index (κ3) is 3.40. The highest BCUT2D eigenvalue weighted by Crippen LogP contribution is 2.47. The van der Waals surface area contributed by atoms with E-state index >= 15 is 0 Å². The summed E-state index contributed by atoms with van der Waals surface area (Å²) in [7, 11) is 1.71. The third-order valence-corrected chi connectivity index (χ3v) is 7.36. The number of rotatable bonds is 4. The van der Waals surface area contributed by atoms with E-state index in [2.05, 4.69) is 28.5 Å². The maximum atomic E-state index is 13.2. The Morgan fingerprint density at radius 3 is 2.68 bits per heavy atom. The summed E-state index contributed by atoms with van der Waals surface area (Å²) in [5.74, 6) is 0.0459. The van der Waals surface area contributed by atoms with Gasteiger partial charge in [-0.3, -0.25) is 14.6 Å². The fourth-order valence-electron chi connectivity index (χ4n) is 4.65. The number of nitrogens with zero attached hydrogens (tertiary/aromatic N) is 3. The van der Waals surface area contributed by atoms with Crippen molar-refractivity contribution < 1.29 is 4.79 Å². The van der Waals surface area contributed by atoms with Crippen LogP contribution in [0.5, 0.6) is 0 Å². The zero-order valence-electron chi connectivity index (χ0n) is 17.4. The lowest BCUT2D eigenvalue weighted by atomic mass is 9.83. The number of aliphatic imine (C=N–C) groups is 1. The predicted octanol–water partition coefficient (Wildman–Crippen LogP) is 3.11. The van der Waals surface area contributed by atoms with Crippen LogP contribution in [0.3, 0.4) is 0 Å². The summed E-state index contributed by atoms with van der Waals surface area (Å²) in [6.07, 6.45) is 0. The number of nitrogens with two attached hydrogens (primary N) is 2. The number of hydrogen-bond acceptors (Lipinski definition) is 6. The topological polar surface area (TPSA) is 88.0 Å². The molecular weight excluding hydrogens is 406 g/mol. The molecule has 2 aliphatic rings. The number of fused-ring (bicyclic) bond motifs is 1. The molecule has 3 aromatic rings. The second-order valence-corrected chi connectivity index (χ2v) is 9.24. The van der Waals surface area contributed by atoms with E-state index in [-0.39, 0.29) is 17.8 Å². The Balaban J connectivity index is 1.54. The molecule has 4 N–H and O–H groups in total. The van der Waals surface area contributed by atoms with Crippen molar-refractivity contribution in [2.45, 2.75) is 12.1 Å². The highest BCUT2D eigenvalue weighted by Gasteiger charge is 2.55. The van der Waals surface area contributed by atoms with Gasteiger partial charge in [0.2, 0.25) is 5.91 Å². The summed E-state index contributed by atoms with van der Waals surface area (Å²) in [5, 5.41) is 2.12. The smallest absolute Gasteiger partial charge is 0.236 e. The molecule has 31 heavy (non-hydrogen) atoms. The van der Waals surface area contributed by atoms with E-state index in [1.54, 1.807) is 18.4 Å². The lowest BCUT2D eigenvalue weighted by Gasteiger charge is -2.37. The Hall–Kier alpha value is -3.16. The molecule has 2 unspecified atom stereocenters. The first-order chi connectivity index (χ1) is 15.0. The number of thiophene rings is 1.